The number of hydrogen-bond acceptors (Lipinski definition) is 5. The van der Waals surface area contributed by atoms with E-state index in [2.05, 4.69) is 20.0 Å². The smallest absolute Gasteiger partial charge is 0.264 e. The molecule has 1 atom stereocenters. The average molecular weight is 348 g/mol. The van der Waals surface area contributed by atoms with Gasteiger partial charge in [0.25, 0.3) is 10.0 Å². The Labute approximate surface area is 141 Å². The van der Waals surface area contributed by atoms with Crippen LogP contribution in [0.15, 0.2) is 47.6 Å². The minimum Gasteiger partial charge on any atom is -0.326 e. The van der Waals surface area contributed by atoms with E-state index in [0.717, 1.165) is 6.42 Å². The zero-order valence-electron chi connectivity index (χ0n) is 13.6. The highest BCUT2D eigenvalue weighted by Gasteiger charge is 2.16. The van der Waals surface area contributed by atoms with E-state index in [1.54, 1.807) is 18.2 Å². The lowest BCUT2D eigenvalue weighted by atomic mass is 10.1. The molecule has 0 unspecified atom stereocenters. The molecule has 0 saturated carbocycles. The summed E-state index contributed by atoms with van der Waals surface area (Å²) < 4.78 is 27.0. The van der Waals surface area contributed by atoms with Gasteiger partial charge in [-0.05, 0) is 30.2 Å². The Morgan fingerprint density at radius 1 is 1.21 bits per heavy atom. The van der Waals surface area contributed by atoms with Gasteiger partial charge in [0.2, 0.25) is 11.9 Å². The van der Waals surface area contributed by atoms with Gasteiger partial charge in [-0.3, -0.25) is 4.79 Å². The fourth-order valence-corrected chi connectivity index (χ4v) is 2.95. The summed E-state index contributed by atoms with van der Waals surface area (Å²) in [6, 6.07) is 7.65. The van der Waals surface area contributed by atoms with Crippen LogP contribution in [0.1, 0.15) is 26.7 Å². The van der Waals surface area contributed by atoms with Gasteiger partial charge in [0.05, 0.1) is 4.90 Å². The molecule has 7 nitrogen and oxygen atoms in total. The molecule has 0 aliphatic heterocycles. The normalized spacial score (nSPS) is 12.4. The molecule has 2 aromatic rings. The fraction of sp³-hybridized carbons (Fsp3) is 0.312. The Hall–Kier alpha value is -2.48. The van der Waals surface area contributed by atoms with E-state index in [1.807, 2.05) is 13.8 Å². The minimum atomic E-state index is -3.83. The Kier molecular flexibility index (Phi) is 5.86. The van der Waals surface area contributed by atoms with Crippen molar-refractivity contribution < 1.29 is 13.2 Å². The van der Waals surface area contributed by atoms with Crippen molar-refractivity contribution in [2.45, 2.75) is 31.6 Å². The van der Waals surface area contributed by atoms with Gasteiger partial charge in [-0.25, -0.2) is 23.1 Å². The summed E-state index contributed by atoms with van der Waals surface area (Å²) in [4.78, 5) is 19.6. The Bertz CT molecular complexity index is 794. The van der Waals surface area contributed by atoms with Gasteiger partial charge in [-0.15, -0.1) is 0 Å². The van der Waals surface area contributed by atoms with Gasteiger partial charge in [-0.1, -0.05) is 26.3 Å². The van der Waals surface area contributed by atoms with E-state index in [-0.39, 0.29) is 22.7 Å². The predicted molar refractivity (Wildman–Crippen MR) is 92.0 cm³/mol. The number of carbonyl (C=O) groups is 1. The molecular formula is C16H20N4O3S. The summed E-state index contributed by atoms with van der Waals surface area (Å²) in [6.07, 6.45) is 4.18. The van der Waals surface area contributed by atoms with E-state index in [4.69, 9.17) is 0 Å². The minimum absolute atomic E-state index is 0.0105. The van der Waals surface area contributed by atoms with Crippen molar-refractivity contribution in [3.63, 3.8) is 0 Å². The molecule has 2 rings (SSSR count). The second-order valence-electron chi connectivity index (χ2n) is 5.47. The lowest BCUT2D eigenvalue weighted by Crippen LogP contribution is -2.17. The first-order valence-electron chi connectivity index (χ1n) is 7.60. The largest absolute Gasteiger partial charge is 0.326 e. The number of nitrogens with zero attached hydrogens (tertiary/aromatic N) is 2. The SMILES string of the molecule is CC[C@@H](C)CC(=O)Nc1cccc(S(=O)(=O)Nc2ncccn2)c1. The Morgan fingerprint density at radius 2 is 1.92 bits per heavy atom. The van der Waals surface area contributed by atoms with E-state index < -0.39 is 10.0 Å². The van der Waals surface area contributed by atoms with E-state index >= 15 is 0 Å². The topological polar surface area (TPSA) is 101 Å². The van der Waals surface area contributed by atoms with Gasteiger partial charge in [0.1, 0.15) is 0 Å². The lowest BCUT2D eigenvalue weighted by molar-refractivity contribution is -0.117. The van der Waals surface area contributed by atoms with Gasteiger partial charge in [0, 0.05) is 24.5 Å². The maximum atomic E-state index is 12.4. The van der Waals surface area contributed by atoms with Crippen LogP contribution in [0, 0.1) is 5.92 Å². The van der Waals surface area contributed by atoms with Gasteiger partial charge in [-0.2, -0.15) is 0 Å². The zero-order chi connectivity index (χ0) is 17.6. The number of anilines is 2. The molecule has 128 valence electrons. The van der Waals surface area contributed by atoms with Crippen LogP contribution in [0.5, 0.6) is 0 Å². The molecular weight excluding hydrogens is 328 g/mol. The molecule has 0 bridgehead atoms. The molecule has 2 N–H and O–H groups in total. The van der Waals surface area contributed by atoms with E-state index in [9.17, 15) is 13.2 Å². The van der Waals surface area contributed by atoms with Crippen LogP contribution in [0.4, 0.5) is 11.6 Å². The van der Waals surface area contributed by atoms with E-state index in [0.29, 0.717) is 12.1 Å². The molecule has 0 fully saturated rings. The molecule has 8 heteroatoms. The quantitative estimate of drug-likeness (QED) is 0.801. The summed E-state index contributed by atoms with van der Waals surface area (Å²) in [7, 11) is -3.83. The van der Waals surface area contributed by atoms with Crippen LogP contribution in [-0.4, -0.2) is 24.3 Å². The highest BCUT2D eigenvalue weighted by Crippen LogP contribution is 2.18. The third-order valence-corrected chi connectivity index (χ3v) is 4.78. The lowest BCUT2D eigenvalue weighted by Gasteiger charge is -2.11. The van der Waals surface area contributed by atoms with Crippen molar-refractivity contribution in [3.05, 3.63) is 42.7 Å². The number of hydrogen-bond donors (Lipinski definition) is 2. The van der Waals surface area contributed by atoms with Crippen LogP contribution in [-0.2, 0) is 14.8 Å². The van der Waals surface area contributed by atoms with Crippen LogP contribution < -0.4 is 10.0 Å². The van der Waals surface area contributed by atoms with Gasteiger partial charge < -0.3 is 5.32 Å². The maximum Gasteiger partial charge on any atom is 0.264 e. The molecule has 1 heterocycles. The summed E-state index contributed by atoms with van der Waals surface area (Å²) in [5, 5.41) is 2.72. The van der Waals surface area contributed by atoms with Crippen molar-refractivity contribution >= 4 is 27.6 Å². The second kappa shape index (κ2) is 7.87. The fourth-order valence-electron chi connectivity index (χ4n) is 1.94. The van der Waals surface area contributed by atoms with Crippen molar-refractivity contribution in [3.8, 4) is 0 Å². The van der Waals surface area contributed by atoms with Crippen LogP contribution in [0.25, 0.3) is 0 Å². The number of aromatic nitrogens is 2. The van der Waals surface area contributed by atoms with E-state index in [1.165, 1.54) is 24.5 Å². The van der Waals surface area contributed by atoms with Gasteiger partial charge >= 0.3 is 0 Å². The monoisotopic (exact) mass is 348 g/mol. The van der Waals surface area contributed by atoms with Crippen LogP contribution >= 0.6 is 0 Å². The first kappa shape index (κ1) is 17.9. The zero-order valence-corrected chi connectivity index (χ0v) is 14.4. The molecule has 0 spiro atoms. The molecule has 1 aromatic heterocycles. The van der Waals surface area contributed by atoms with Crippen molar-refractivity contribution in [2.75, 3.05) is 10.0 Å². The summed E-state index contributed by atoms with van der Waals surface area (Å²) in [6.45, 7) is 4.01. The van der Waals surface area contributed by atoms with Crippen molar-refractivity contribution in [1.82, 2.24) is 9.97 Å². The Balaban J connectivity index is 2.13. The first-order valence-corrected chi connectivity index (χ1v) is 9.09. The molecule has 1 aromatic carbocycles. The van der Waals surface area contributed by atoms with Crippen molar-refractivity contribution in [2.24, 2.45) is 5.92 Å². The summed E-state index contributed by atoms with van der Waals surface area (Å²) >= 11 is 0. The molecule has 0 aliphatic carbocycles. The predicted octanol–water partition coefficient (Wildman–Crippen LogP) is 2.65. The maximum absolute atomic E-state index is 12.4. The molecule has 0 saturated heterocycles. The third kappa shape index (κ3) is 5.02. The number of carbonyl (C=O) groups excluding carboxylic acids is 1. The average Bonchev–Trinajstić information content (AvgIpc) is 2.55. The third-order valence-electron chi connectivity index (χ3n) is 3.45. The molecule has 0 radical (unpaired) electrons. The standard InChI is InChI=1S/C16H20N4O3S/c1-3-12(2)10-15(21)19-13-6-4-7-14(11-13)24(22,23)20-16-17-8-5-9-18-16/h4-9,11-12H,3,10H2,1-2H3,(H,19,21)(H,17,18,20)/t12-/m1/s1. The molecule has 24 heavy (non-hydrogen) atoms. The number of rotatable bonds is 7. The highest BCUT2D eigenvalue weighted by molar-refractivity contribution is 7.92. The number of sulfonamides is 1. The Morgan fingerprint density at radius 3 is 2.58 bits per heavy atom. The van der Waals surface area contributed by atoms with Gasteiger partial charge in [0.15, 0.2) is 0 Å². The van der Waals surface area contributed by atoms with Crippen molar-refractivity contribution in [1.29, 1.82) is 0 Å². The van der Waals surface area contributed by atoms with Crippen LogP contribution in [0.3, 0.4) is 0 Å². The number of benzene rings is 1. The van der Waals surface area contributed by atoms with Crippen LogP contribution in [0.2, 0.25) is 0 Å². The molecule has 1 amide bonds. The summed E-state index contributed by atoms with van der Waals surface area (Å²) in [5.74, 6) is 0.121. The number of nitrogens with one attached hydrogen (secondary N) is 2. The first-order chi connectivity index (χ1) is 11.4. The highest BCUT2D eigenvalue weighted by atomic mass is 32.2. The molecule has 0 aliphatic rings. The summed E-state index contributed by atoms with van der Waals surface area (Å²) in [5.41, 5.74) is 0.431. The second-order valence-corrected chi connectivity index (χ2v) is 7.15. The number of amides is 1.